The fraction of sp³-hybridized carbons (Fsp3) is 0.781. The SMILES string of the molecule is CC(=O)O[C@H]1[C@H]2O[C@]23[C@@H]2CC[C@]4(O)C[C@@H](NC(=O)N5CCN(C)CC5)CC[C@]4(C)[C@H]2CC[C@]3(C)[C@H]1c1ccc(=O)oc1. The Morgan fingerprint density at radius 3 is 2.43 bits per heavy atom. The van der Waals surface area contributed by atoms with E-state index in [1.54, 1.807) is 6.07 Å². The molecule has 0 bridgehead atoms. The summed E-state index contributed by atoms with van der Waals surface area (Å²) in [5.41, 5.74) is -1.46. The van der Waals surface area contributed by atoms with Crippen LogP contribution in [0.4, 0.5) is 4.79 Å². The Morgan fingerprint density at radius 2 is 1.74 bits per heavy atom. The minimum Gasteiger partial charge on any atom is -0.459 e. The van der Waals surface area contributed by atoms with Crippen LogP contribution >= 0.6 is 0 Å². The Morgan fingerprint density at radius 1 is 1.02 bits per heavy atom. The van der Waals surface area contributed by atoms with E-state index in [-0.39, 0.29) is 52.7 Å². The quantitative estimate of drug-likeness (QED) is 0.411. The number of epoxide rings is 1. The first-order valence-corrected chi connectivity index (χ1v) is 15.8. The van der Waals surface area contributed by atoms with Crippen molar-refractivity contribution in [2.45, 2.75) is 101 Å². The number of hydrogen-bond acceptors (Lipinski definition) is 8. The number of aliphatic hydroxyl groups is 1. The van der Waals surface area contributed by atoms with Crippen LogP contribution in [0.5, 0.6) is 0 Å². The van der Waals surface area contributed by atoms with Gasteiger partial charge in [-0.2, -0.15) is 0 Å². The summed E-state index contributed by atoms with van der Waals surface area (Å²) in [6, 6.07) is 3.19. The molecule has 2 saturated heterocycles. The number of carbonyl (C=O) groups excluding carboxylic acids is 2. The zero-order valence-corrected chi connectivity index (χ0v) is 25.3. The summed E-state index contributed by atoms with van der Waals surface area (Å²) < 4.78 is 17.9. The number of carbonyl (C=O) groups is 2. The van der Waals surface area contributed by atoms with Crippen molar-refractivity contribution in [2.24, 2.45) is 22.7 Å². The molecule has 0 unspecified atom stereocenters. The summed E-state index contributed by atoms with van der Waals surface area (Å²) in [4.78, 5) is 41.2. The van der Waals surface area contributed by atoms with Gasteiger partial charge in [0.25, 0.3) is 0 Å². The van der Waals surface area contributed by atoms with Gasteiger partial charge >= 0.3 is 17.6 Å². The molecule has 0 aromatic carbocycles. The van der Waals surface area contributed by atoms with Gasteiger partial charge in [0.15, 0.2) is 0 Å². The Labute approximate surface area is 247 Å². The minimum absolute atomic E-state index is 0.0132. The lowest BCUT2D eigenvalue weighted by atomic mass is 9.42. The lowest BCUT2D eigenvalue weighted by Gasteiger charge is -2.64. The molecule has 10 atom stereocenters. The van der Waals surface area contributed by atoms with E-state index < -0.39 is 22.9 Å². The first-order chi connectivity index (χ1) is 19.9. The molecule has 4 saturated carbocycles. The van der Waals surface area contributed by atoms with E-state index >= 15 is 0 Å². The largest absolute Gasteiger partial charge is 0.459 e. The second-order valence-corrected chi connectivity index (χ2v) is 14.6. The third-order valence-corrected chi connectivity index (χ3v) is 12.8. The predicted molar refractivity (Wildman–Crippen MR) is 153 cm³/mol. The standard InChI is InChI=1S/C32H45N3O7/c1-19(36)41-26-25(20-5-6-24(37)40-18-20)30(3)11-8-22-23(32(30)27(26)42-32)9-12-31(39)17-21(7-10-29(22,31)2)33-28(38)35-15-13-34(4)14-16-35/h5-6,18,21-23,25-27,39H,7-17H2,1-4H3,(H,33,38)/t21-,22-,23+,25-,26+,27+,29+,30+,31-,32+/m0/s1. The molecule has 4 aliphatic carbocycles. The molecule has 1 aromatic heterocycles. The number of likely N-dealkylation sites (N-methyl/N-ethyl adjacent to an activating group) is 1. The van der Waals surface area contributed by atoms with Gasteiger partial charge in [-0.25, -0.2) is 9.59 Å². The summed E-state index contributed by atoms with van der Waals surface area (Å²) in [7, 11) is 2.08. The van der Waals surface area contributed by atoms with Gasteiger partial charge in [-0.1, -0.05) is 13.8 Å². The maximum atomic E-state index is 13.1. The zero-order valence-electron chi connectivity index (χ0n) is 25.3. The maximum Gasteiger partial charge on any atom is 0.335 e. The van der Waals surface area contributed by atoms with Crippen molar-refractivity contribution in [1.82, 2.24) is 15.1 Å². The van der Waals surface area contributed by atoms with E-state index in [1.807, 2.05) is 4.90 Å². The summed E-state index contributed by atoms with van der Waals surface area (Å²) in [6.45, 7) is 9.18. The van der Waals surface area contributed by atoms with Gasteiger partial charge in [0.1, 0.15) is 17.8 Å². The van der Waals surface area contributed by atoms with E-state index in [1.165, 1.54) is 19.3 Å². The van der Waals surface area contributed by atoms with Gasteiger partial charge in [-0.05, 0) is 80.9 Å². The number of urea groups is 1. The lowest BCUT2D eigenvalue weighted by Crippen LogP contribution is -2.66. The van der Waals surface area contributed by atoms with Crippen molar-refractivity contribution in [3.8, 4) is 0 Å². The average Bonchev–Trinajstić information content (AvgIpc) is 3.64. The van der Waals surface area contributed by atoms with Gasteiger partial charge in [0.05, 0.1) is 11.9 Å². The topological polar surface area (TPSA) is 125 Å². The fourth-order valence-corrected chi connectivity index (χ4v) is 10.5. The summed E-state index contributed by atoms with van der Waals surface area (Å²) in [5.74, 6) is 0.00386. The third-order valence-electron chi connectivity index (χ3n) is 12.8. The molecule has 10 heteroatoms. The predicted octanol–water partition coefficient (Wildman–Crippen LogP) is 2.88. The molecule has 2 amide bonds. The highest BCUT2D eigenvalue weighted by Gasteiger charge is 2.85. The molecule has 42 heavy (non-hydrogen) atoms. The highest BCUT2D eigenvalue weighted by atomic mass is 16.7. The van der Waals surface area contributed by atoms with E-state index in [0.29, 0.717) is 12.8 Å². The Bertz CT molecular complexity index is 1310. The molecule has 2 aliphatic heterocycles. The van der Waals surface area contributed by atoms with Crippen LogP contribution in [0.3, 0.4) is 0 Å². The normalized spacial score (nSPS) is 46.1. The number of rotatable bonds is 3. The van der Waals surface area contributed by atoms with Crippen molar-refractivity contribution < 1.29 is 28.6 Å². The second kappa shape index (κ2) is 9.53. The number of nitrogens with one attached hydrogen (secondary N) is 1. The smallest absolute Gasteiger partial charge is 0.335 e. The highest BCUT2D eigenvalue weighted by molar-refractivity contribution is 5.74. The number of fused-ring (bicyclic) bond motifs is 3. The van der Waals surface area contributed by atoms with Crippen LogP contribution in [0.2, 0.25) is 0 Å². The van der Waals surface area contributed by atoms with Gasteiger partial charge < -0.3 is 34.1 Å². The molecule has 7 rings (SSSR count). The van der Waals surface area contributed by atoms with Crippen LogP contribution in [-0.4, -0.2) is 89.6 Å². The van der Waals surface area contributed by atoms with Crippen LogP contribution < -0.4 is 10.9 Å². The average molecular weight is 584 g/mol. The third kappa shape index (κ3) is 3.90. The van der Waals surface area contributed by atoms with Gasteiger partial charge in [0.2, 0.25) is 0 Å². The Kier molecular flexibility index (Phi) is 6.43. The highest BCUT2D eigenvalue weighted by Crippen LogP contribution is 2.78. The van der Waals surface area contributed by atoms with Gasteiger partial charge in [0, 0.05) is 56.5 Å². The Hall–Kier alpha value is -2.43. The summed E-state index contributed by atoms with van der Waals surface area (Å²) >= 11 is 0. The van der Waals surface area contributed by atoms with Crippen molar-refractivity contribution >= 4 is 12.0 Å². The molecular weight excluding hydrogens is 538 g/mol. The maximum absolute atomic E-state index is 13.1. The van der Waals surface area contributed by atoms with Crippen molar-refractivity contribution in [2.75, 3.05) is 33.2 Å². The van der Waals surface area contributed by atoms with E-state index in [2.05, 4.69) is 31.1 Å². The van der Waals surface area contributed by atoms with Crippen molar-refractivity contribution in [3.05, 3.63) is 34.4 Å². The number of ether oxygens (including phenoxy) is 2. The number of hydrogen-bond donors (Lipinski definition) is 2. The van der Waals surface area contributed by atoms with Crippen LogP contribution in [0, 0.1) is 22.7 Å². The number of esters is 1. The molecule has 1 spiro atoms. The number of nitrogens with zero attached hydrogens (tertiary/aromatic N) is 2. The molecule has 10 nitrogen and oxygen atoms in total. The van der Waals surface area contributed by atoms with E-state index in [0.717, 1.165) is 63.8 Å². The molecule has 3 heterocycles. The fourth-order valence-electron chi connectivity index (χ4n) is 10.5. The summed E-state index contributed by atoms with van der Waals surface area (Å²) in [5, 5.41) is 15.6. The molecule has 1 aromatic rings. The van der Waals surface area contributed by atoms with Gasteiger partial charge in [-0.3, -0.25) is 4.79 Å². The Balaban J connectivity index is 1.13. The zero-order chi connectivity index (χ0) is 29.7. The van der Waals surface area contributed by atoms with Crippen molar-refractivity contribution in [3.63, 3.8) is 0 Å². The van der Waals surface area contributed by atoms with Crippen LogP contribution in [0.25, 0.3) is 0 Å². The van der Waals surface area contributed by atoms with E-state index in [4.69, 9.17) is 13.9 Å². The second-order valence-electron chi connectivity index (χ2n) is 14.6. The van der Waals surface area contributed by atoms with Crippen LogP contribution in [0.1, 0.15) is 77.2 Å². The first-order valence-electron chi connectivity index (χ1n) is 15.8. The number of amides is 2. The first kappa shape index (κ1) is 28.3. The van der Waals surface area contributed by atoms with Gasteiger partial charge in [-0.15, -0.1) is 0 Å². The molecule has 6 aliphatic rings. The molecule has 6 fully saturated rings. The lowest BCUT2D eigenvalue weighted by molar-refractivity contribution is -0.214. The van der Waals surface area contributed by atoms with Crippen LogP contribution in [0.15, 0.2) is 27.6 Å². The minimum atomic E-state index is -0.864. The molecule has 0 radical (unpaired) electrons. The summed E-state index contributed by atoms with van der Waals surface area (Å²) in [6.07, 6.45) is 6.40. The number of piperazine rings is 1. The molecular formula is C32H45N3O7. The monoisotopic (exact) mass is 583 g/mol. The molecule has 230 valence electrons. The molecule has 2 N–H and O–H groups in total. The van der Waals surface area contributed by atoms with Crippen LogP contribution in [-0.2, 0) is 14.3 Å². The van der Waals surface area contributed by atoms with Crippen molar-refractivity contribution in [1.29, 1.82) is 0 Å². The van der Waals surface area contributed by atoms with E-state index in [9.17, 15) is 19.5 Å².